The van der Waals surface area contributed by atoms with E-state index < -0.39 is 0 Å². The molecule has 1 heterocycles. The quantitative estimate of drug-likeness (QED) is 0.819. The third kappa shape index (κ3) is 2.40. The van der Waals surface area contributed by atoms with E-state index in [0.717, 1.165) is 11.8 Å². The van der Waals surface area contributed by atoms with Crippen LogP contribution < -0.4 is 5.32 Å². The zero-order chi connectivity index (χ0) is 11.7. The fourth-order valence-corrected chi connectivity index (χ4v) is 3.57. The van der Waals surface area contributed by atoms with Gasteiger partial charge in [-0.15, -0.1) is 0 Å². The summed E-state index contributed by atoms with van der Waals surface area (Å²) in [5.41, 5.74) is 4.72. The van der Waals surface area contributed by atoms with Crippen molar-refractivity contribution in [2.24, 2.45) is 5.92 Å². The Balaban J connectivity index is 1.72. The zero-order valence-electron chi connectivity index (χ0n) is 10.8. The lowest BCUT2D eigenvalue weighted by atomic mass is 9.85. The molecule has 92 valence electrons. The molecule has 1 saturated heterocycles. The second kappa shape index (κ2) is 4.81. The van der Waals surface area contributed by atoms with Crippen LogP contribution in [0.2, 0.25) is 0 Å². The number of rotatable bonds is 2. The minimum absolute atomic E-state index is 0.855. The normalized spacial score (nSPS) is 24.9. The first-order valence-electron chi connectivity index (χ1n) is 7.13. The van der Waals surface area contributed by atoms with Gasteiger partial charge in [0.15, 0.2) is 0 Å². The Kier molecular flexibility index (Phi) is 3.19. The maximum atomic E-state index is 3.47. The maximum absolute atomic E-state index is 3.47. The van der Waals surface area contributed by atoms with Crippen molar-refractivity contribution in [3.63, 3.8) is 0 Å². The predicted molar refractivity (Wildman–Crippen MR) is 72.5 cm³/mol. The summed E-state index contributed by atoms with van der Waals surface area (Å²) < 4.78 is 0. The molecule has 0 amide bonds. The van der Waals surface area contributed by atoms with Crippen LogP contribution in [0, 0.1) is 12.8 Å². The van der Waals surface area contributed by atoms with Gasteiger partial charge in [0.2, 0.25) is 0 Å². The van der Waals surface area contributed by atoms with E-state index in [9.17, 15) is 0 Å². The van der Waals surface area contributed by atoms with Crippen molar-refractivity contribution in [1.29, 1.82) is 0 Å². The van der Waals surface area contributed by atoms with E-state index in [4.69, 9.17) is 0 Å². The number of piperidine rings is 1. The highest BCUT2D eigenvalue weighted by molar-refractivity contribution is 5.38. The van der Waals surface area contributed by atoms with E-state index >= 15 is 0 Å². The first-order valence-corrected chi connectivity index (χ1v) is 7.13. The molecule has 3 rings (SSSR count). The fraction of sp³-hybridized carbons (Fsp3) is 0.625. The second-order valence-electron chi connectivity index (χ2n) is 5.87. The molecule has 0 saturated carbocycles. The lowest BCUT2D eigenvalue weighted by Gasteiger charge is -2.25. The largest absolute Gasteiger partial charge is 0.317 e. The molecule has 0 aromatic heterocycles. The van der Waals surface area contributed by atoms with Gasteiger partial charge in [-0.3, -0.25) is 0 Å². The Morgan fingerprint density at radius 2 is 2.00 bits per heavy atom. The smallest absolute Gasteiger partial charge is 0.00463 e. The summed E-state index contributed by atoms with van der Waals surface area (Å²) in [6, 6.07) is 7.06. The summed E-state index contributed by atoms with van der Waals surface area (Å²) >= 11 is 0. The van der Waals surface area contributed by atoms with Crippen LogP contribution in [-0.2, 0) is 6.42 Å². The summed E-state index contributed by atoms with van der Waals surface area (Å²) in [5, 5.41) is 3.47. The highest BCUT2D eigenvalue weighted by Gasteiger charge is 2.25. The standard InChI is InChI=1S/C16H23N/c1-12-2-3-14-4-5-15(16(14)10-12)11-13-6-8-17-9-7-13/h2-3,10,13,15,17H,4-9,11H2,1H3. The molecule has 0 bridgehead atoms. The van der Waals surface area contributed by atoms with Crippen LogP contribution in [0.1, 0.15) is 48.3 Å². The lowest BCUT2D eigenvalue weighted by Crippen LogP contribution is -2.28. The van der Waals surface area contributed by atoms with E-state index in [1.165, 1.54) is 50.8 Å². The second-order valence-corrected chi connectivity index (χ2v) is 5.87. The molecule has 1 aliphatic carbocycles. The number of nitrogens with one attached hydrogen (secondary N) is 1. The molecular weight excluding hydrogens is 206 g/mol. The van der Waals surface area contributed by atoms with Crippen LogP contribution in [0.25, 0.3) is 0 Å². The number of hydrogen-bond acceptors (Lipinski definition) is 1. The number of fused-ring (bicyclic) bond motifs is 1. The Labute approximate surface area is 105 Å². The third-order valence-corrected chi connectivity index (χ3v) is 4.58. The van der Waals surface area contributed by atoms with Crippen LogP contribution in [-0.4, -0.2) is 13.1 Å². The Morgan fingerprint density at radius 3 is 2.82 bits per heavy atom. The summed E-state index contributed by atoms with van der Waals surface area (Å²) in [6.45, 7) is 4.69. The fourth-order valence-electron chi connectivity index (χ4n) is 3.57. The molecule has 0 radical (unpaired) electrons. The van der Waals surface area contributed by atoms with Crippen LogP contribution in [0.3, 0.4) is 0 Å². The van der Waals surface area contributed by atoms with Crippen molar-refractivity contribution in [3.05, 3.63) is 34.9 Å². The molecule has 1 atom stereocenters. The van der Waals surface area contributed by atoms with Crippen molar-refractivity contribution in [2.45, 2.75) is 44.9 Å². The molecule has 1 N–H and O–H groups in total. The van der Waals surface area contributed by atoms with Crippen LogP contribution in [0.4, 0.5) is 0 Å². The Morgan fingerprint density at radius 1 is 1.18 bits per heavy atom. The van der Waals surface area contributed by atoms with Gasteiger partial charge in [-0.25, -0.2) is 0 Å². The molecule has 1 unspecified atom stereocenters. The summed E-state index contributed by atoms with van der Waals surface area (Å²) in [6.07, 6.45) is 6.90. The molecule has 0 spiro atoms. The van der Waals surface area contributed by atoms with Gasteiger partial charge in [0, 0.05) is 0 Å². The van der Waals surface area contributed by atoms with Crippen LogP contribution in [0.5, 0.6) is 0 Å². The van der Waals surface area contributed by atoms with Crippen molar-refractivity contribution < 1.29 is 0 Å². The zero-order valence-corrected chi connectivity index (χ0v) is 10.8. The van der Waals surface area contributed by atoms with Gasteiger partial charge in [0.05, 0.1) is 0 Å². The molecule has 2 aliphatic rings. The lowest BCUT2D eigenvalue weighted by molar-refractivity contribution is 0.330. The van der Waals surface area contributed by atoms with Crippen molar-refractivity contribution >= 4 is 0 Å². The Hall–Kier alpha value is -0.820. The summed E-state index contributed by atoms with van der Waals surface area (Å²) in [7, 11) is 0. The van der Waals surface area contributed by atoms with E-state index in [1.54, 1.807) is 11.1 Å². The Bertz CT molecular complexity index is 391. The average Bonchev–Trinajstić information content (AvgIpc) is 2.73. The molecule has 1 heteroatoms. The van der Waals surface area contributed by atoms with E-state index in [1.807, 2.05) is 0 Å². The SMILES string of the molecule is Cc1ccc2c(c1)C(CC1CCNCC1)CC2. The van der Waals surface area contributed by atoms with Crippen LogP contribution in [0.15, 0.2) is 18.2 Å². The van der Waals surface area contributed by atoms with Gasteiger partial charge in [0.25, 0.3) is 0 Å². The molecule has 1 aliphatic heterocycles. The number of benzene rings is 1. The van der Waals surface area contributed by atoms with Crippen molar-refractivity contribution in [1.82, 2.24) is 5.32 Å². The third-order valence-electron chi connectivity index (χ3n) is 4.58. The molecule has 1 nitrogen and oxygen atoms in total. The summed E-state index contributed by atoms with van der Waals surface area (Å²) in [5.74, 6) is 1.82. The molecule has 17 heavy (non-hydrogen) atoms. The number of aryl methyl sites for hydroxylation is 2. The van der Waals surface area contributed by atoms with Gasteiger partial charge < -0.3 is 5.32 Å². The van der Waals surface area contributed by atoms with E-state index in [2.05, 4.69) is 30.4 Å². The molecule has 1 fully saturated rings. The highest BCUT2D eigenvalue weighted by atomic mass is 14.9. The topological polar surface area (TPSA) is 12.0 Å². The minimum atomic E-state index is 0.855. The molecular formula is C16H23N. The number of hydrogen-bond donors (Lipinski definition) is 1. The van der Waals surface area contributed by atoms with Gasteiger partial charge in [-0.05, 0) is 75.1 Å². The van der Waals surface area contributed by atoms with Gasteiger partial charge in [-0.1, -0.05) is 23.8 Å². The van der Waals surface area contributed by atoms with E-state index in [0.29, 0.717) is 0 Å². The monoisotopic (exact) mass is 229 g/mol. The van der Waals surface area contributed by atoms with E-state index in [-0.39, 0.29) is 0 Å². The first kappa shape index (κ1) is 11.3. The highest BCUT2D eigenvalue weighted by Crippen LogP contribution is 2.39. The molecule has 1 aromatic carbocycles. The molecule has 1 aromatic rings. The minimum Gasteiger partial charge on any atom is -0.317 e. The van der Waals surface area contributed by atoms with Gasteiger partial charge in [0.1, 0.15) is 0 Å². The van der Waals surface area contributed by atoms with Crippen molar-refractivity contribution in [2.75, 3.05) is 13.1 Å². The maximum Gasteiger partial charge on any atom is -0.00463 e. The van der Waals surface area contributed by atoms with Gasteiger partial charge in [-0.2, -0.15) is 0 Å². The predicted octanol–water partition coefficient (Wildman–Crippen LogP) is 3.41. The summed E-state index contributed by atoms with van der Waals surface area (Å²) in [4.78, 5) is 0. The van der Waals surface area contributed by atoms with Crippen molar-refractivity contribution in [3.8, 4) is 0 Å². The van der Waals surface area contributed by atoms with Crippen LogP contribution >= 0.6 is 0 Å². The van der Waals surface area contributed by atoms with Gasteiger partial charge >= 0.3 is 0 Å². The average molecular weight is 229 g/mol. The first-order chi connectivity index (χ1) is 8.33.